The van der Waals surface area contributed by atoms with E-state index in [2.05, 4.69) is 10.2 Å². The van der Waals surface area contributed by atoms with Gasteiger partial charge in [0.05, 0.1) is 6.10 Å². The maximum atomic E-state index is 9.66. The van der Waals surface area contributed by atoms with Gasteiger partial charge >= 0.3 is 0 Å². The van der Waals surface area contributed by atoms with Crippen molar-refractivity contribution in [3.05, 3.63) is 41.6 Å². The molecular weight excluding hydrogens is 232 g/mol. The van der Waals surface area contributed by atoms with Crippen molar-refractivity contribution in [1.82, 2.24) is 10.2 Å². The average molecular weight is 248 g/mol. The van der Waals surface area contributed by atoms with E-state index in [1.807, 2.05) is 31.2 Å². The zero-order valence-corrected chi connectivity index (χ0v) is 10.5. The molecule has 0 aliphatic carbocycles. The first-order chi connectivity index (χ1) is 8.69. The number of aromatic nitrogens is 2. The number of benzene rings is 1. The van der Waals surface area contributed by atoms with Crippen molar-refractivity contribution in [2.45, 2.75) is 33.0 Å². The molecule has 0 saturated heterocycles. The van der Waals surface area contributed by atoms with Crippen LogP contribution < -0.4 is 4.74 Å². The SMILES string of the molecule is CC[C@@H](O)c1ccc(OCc2nnc(C)o2)cc1. The summed E-state index contributed by atoms with van der Waals surface area (Å²) in [6.07, 6.45) is 0.277. The molecule has 2 rings (SSSR count). The van der Waals surface area contributed by atoms with Crippen molar-refractivity contribution in [2.24, 2.45) is 0 Å². The van der Waals surface area contributed by atoms with E-state index in [1.165, 1.54) is 0 Å². The molecule has 1 atom stereocenters. The first kappa shape index (κ1) is 12.6. The molecule has 0 aliphatic rings. The molecule has 96 valence electrons. The zero-order valence-electron chi connectivity index (χ0n) is 10.5. The number of nitrogens with zero attached hydrogens (tertiary/aromatic N) is 2. The van der Waals surface area contributed by atoms with Gasteiger partial charge < -0.3 is 14.3 Å². The van der Waals surface area contributed by atoms with Gasteiger partial charge in [-0.05, 0) is 24.1 Å². The zero-order chi connectivity index (χ0) is 13.0. The maximum absolute atomic E-state index is 9.66. The molecule has 0 saturated carbocycles. The lowest BCUT2D eigenvalue weighted by Crippen LogP contribution is -1.97. The molecular formula is C13H16N2O3. The molecule has 18 heavy (non-hydrogen) atoms. The van der Waals surface area contributed by atoms with Crippen molar-refractivity contribution in [1.29, 1.82) is 0 Å². The van der Waals surface area contributed by atoms with Gasteiger partial charge in [0.15, 0.2) is 6.61 Å². The predicted octanol–water partition coefficient (Wildman–Crippen LogP) is 2.40. The second kappa shape index (κ2) is 5.64. The molecule has 0 fully saturated rings. The second-order valence-corrected chi connectivity index (χ2v) is 4.00. The third-order valence-electron chi connectivity index (χ3n) is 2.58. The Morgan fingerprint density at radius 1 is 1.28 bits per heavy atom. The standard InChI is InChI=1S/C13H16N2O3/c1-3-12(16)10-4-6-11(7-5-10)17-8-13-15-14-9(2)18-13/h4-7,12,16H,3,8H2,1-2H3/t12-/m1/s1. The van der Waals surface area contributed by atoms with Crippen LogP contribution in [0.15, 0.2) is 28.7 Å². The van der Waals surface area contributed by atoms with Gasteiger partial charge in [0.1, 0.15) is 5.75 Å². The molecule has 0 aliphatic heterocycles. The van der Waals surface area contributed by atoms with Crippen LogP contribution in [0.2, 0.25) is 0 Å². The summed E-state index contributed by atoms with van der Waals surface area (Å²) in [5.74, 6) is 1.68. The number of rotatable bonds is 5. The van der Waals surface area contributed by atoms with Gasteiger partial charge in [0.2, 0.25) is 5.89 Å². The molecule has 0 unspecified atom stereocenters. The molecule has 2 aromatic rings. The fourth-order valence-electron chi connectivity index (χ4n) is 1.56. The number of aliphatic hydroxyl groups is 1. The quantitative estimate of drug-likeness (QED) is 0.879. The van der Waals surface area contributed by atoms with Gasteiger partial charge in [-0.15, -0.1) is 10.2 Å². The summed E-state index contributed by atoms with van der Waals surface area (Å²) in [7, 11) is 0. The number of ether oxygens (including phenoxy) is 1. The van der Waals surface area contributed by atoms with Crippen LogP contribution in [0.4, 0.5) is 0 Å². The van der Waals surface area contributed by atoms with E-state index < -0.39 is 6.10 Å². The Balaban J connectivity index is 1.94. The van der Waals surface area contributed by atoms with Crippen LogP contribution in [0, 0.1) is 6.92 Å². The fraction of sp³-hybridized carbons (Fsp3) is 0.385. The molecule has 0 spiro atoms. The Kier molecular flexibility index (Phi) is 3.94. The van der Waals surface area contributed by atoms with Crippen molar-refractivity contribution >= 4 is 0 Å². The maximum Gasteiger partial charge on any atom is 0.253 e. The van der Waals surface area contributed by atoms with E-state index >= 15 is 0 Å². The lowest BCUT2D eigenvalue weighted by molar-refractivity contribution is 0.173. The molecule has 0 amide bonds. The summed E-state index contributed by atoms with van der Waals surface area (Å²) < 4.78 is 10.7. The van der Waals surface area contributed by atoms with Gasteiger partial charge in [-0.25, -0.2) is 0 Å². The molecule has 5 heteroatoms. The highest BCUT2D eigenvalue weighted by Crippen LogP contribution is 2.20. The minimum absolute atomic E-state index is 0.247. The van der Waals surface area contributed by atoms with Gasteiger partial charge in [-0.1, -0.05) is 19.1 Å². The topological polar surface area (TPSA) is 68.4 Å². The highest BCUT2D eigenvalue weighted by Gasteiger charge is 2.06. The normalized spacial score (nSPS) is 12.4. The van der Waals surface area contributed by atoms with Crippen LogP contribution in [0.5, 0.6) is 5.75 Å². The van der Waals surface area contributed by atoms with Crippen LogP contribution >= 0.6 is 0 Å². The summed E-state index contributed by atoms with van der Waals surface area (Å²) in [6.45, 7) is 3.92. The molecule has 5 nitrogen and oxygen atoms in total. The monoisotopic (exact) mass is 248 g/mol. The van der Waals surface area contributed by atoms with Crippen LogP contribution in [0.1, 0.15) is 36.8 Å². The summed E-state index contributed by atoms with van der Waals surface area (Å²) in [6, 6.07) is 7.33. The molecule has 1 aromatic carbocycles. The predicted molar refractivity (Wildman–Crippen MR) is 65.1 cm³/mol. The lowest BCUT2D eigenvalue weighted by atomic mass is 10.1. The molecule has 1 heterocycles. The first-order valence-electron chi connectivity index (χ1n) is 5.89. The molecule has 0 radical (unpaired) electrons. The number of hydrogen-bond donors (Lipinski definition) is 1. The van der Waals surface area contributed by atoms with E-state index in [4.69, 9.17) is 9.15 Å². The molecule has 1 aromatic heterocycles. The minimum Gasteiger partial charge on any atom is -0.484 e. The largest absolute Gasteiger partial charge is 0.484 e. The van der Waals surface area contributed by atoms with Crippen LogP contribution in [-0.4, -0.2) is 15.3 Å². The average Bonchev–Trinajstić information content (AvgIpc) is 2.82. The Morgan fingerprint density at radius 2 is 2.00 bits per heavy atom. The van der Waals surface area contributed by atoms with E-state index in [-0.39, 0.29) is 6.61 Å². The Morgan fingerprint density at radius 3 is 2.56 bits per heavy atom. The van der Waals surface area contributed by atoms with E-state index in [0.29, 0.717) is 24.0 Å². The number of hydrogen-bond acceptors (Lipinski definition) is 5. The van der Waals surface area contributed by atoms with Crippen molar-refractivity contribution < 1.29 is 14.3 Å². The summed E-state index contributed by atoms with van der Waals surface area (Å²) in [5, 5.41) is 17.2. The van der Waals surface area contributed by atoms with E-state index in [1.54, 1.807) is 6.92 Å². The Labute approximate surface area is 105 Å². The second-order valence-electron chi connectivity index (χ2n) is 4.00. The minimum atomic E-state index is -0.419. The van der Waals surface area contributed by atoms with Crippen molar-refractivity contribution in [2.75, 3.05) is 0 Å². The third kappa shape index (κ3) is 3.07. The molecule has 0 bridgehead atoms. The Bertz CT molecular complexity index is 493. The van der Waals surface area contributed by atoms with Crippen LogP contribution in [-0.2, 0) is 6.61 Å². The van der Waals surface area contributed by atoms with E-state index in [9.17, 15) is 5.11 Å². The van der Waals surface area contributed by atoms with Crippen LogP contribution in [0.25, 0.3) is 0 Å². The van der Waals surface area contributed by atoms with Gasteiger partial charge in [-0.3, -0.25) is 0 Å². The smallest absolute Gasteiger partial charge is 0.253 e. The molecule has 1 N–H and O–H groups in total. The third-order valence-corrected chi connectivity index (χ3v) is 2.58. The van der Waals surface area contributed by atoms with Crippen molar-refractivity contribution in [3.63, 3.8) is 0 Å². The van der Waals surface area contributed by atoms with Gasteiger partial charge in [0.25, 0.3) is 5.89 Å². The lowest BCUT2D eigenvalue weighted by Gasteiger charge is -2.09. The number of aryl methyl sites for hydroxylation is 1. The highest BCUT2D eigenvalue weighted by atomic mass is 16.5. The summed E-state index contributed by atoms with van der Waals surface area (Å²) in [5.41, 5.74) is 0.887. The summed E-state index contributed by atoms with van der Waals surface area (Å²) >= 11 is 0. The van der Waals surface area contributed by atoms with Gasteiger partial charge in [-0.2, -0.15) is 0 Å². The van der Waals surface area contributed by atoms with E-state index in [0.717, 1.165) is 5.56 Å². The van der Waals surface area contributed by atoms with Crippen LogP contribution in [0.3, 0.4) is 0 Å². The number of aliphatic hydroxyl groups excluding tert-OH is 1. The fourth-order valence-corrected chi connectivity index (χ4v) is 1.56. The highest BCUT2D eigenvalue weighted by molar-refractivity contribution is 5.28. The summed E-state index contributed by atoms with van der Waals surface area (Å²) in [4.78, 5) is 0. The first-order valence-corrected chi connectivity index (χ1v) is 5.89. The van der Waals surface area contributed by atoms with Crippen molar-refractivity contribution in [3.8, 4) is 5.75 Å². The van der Waals surface area contributed by atoms with Gasteiger partial charge in [0, 0.05) is 6.92 Å². The Hall–Kier alpha value is -1.88.